The van der Waals surface area contributed by atoms with Gasteiger partial charge in [-0.3, -0.25) is 0 Å². The smallest absolute Gasteiger partial charge is 0.159 e. The monoisotopic (exact) mass is 319 g/mol. The summed E-state index contributed by atoms with van der Waals surface area (Å²) in [7, 11) is 0. The van der Waals surface area contributed by atoms with E-state index in [-0.39, 0.29) is 0 Å². The Morgan fingerprint density at radius 1 is 1.12 bits per heavy atom. The number of nitriles is 1. The largest absolute Gasteiger partial charge is 0.374 e. The maximum atomic E-state index is 8.85. The third kappa shape index (κ3) is 3.87. The molecule has 0 N–H and O–H groups in total. The molecule has 1 fully saturated rings. The lowest BCUT2D eigenvalue weighted by Gasteiger charge is -2.28. The molecule has 0 atom stereocenters. The number of hydrogen-bond acceptors (Lipinski definition) is 4. The maximum absolute atomic E-state index is 8.85. The molecule has 0 radical (unpaired) electrons. The number of benzene rings is 1. The lowest BCUT2D eigenvalue weighted by atomic mass is 9.84. The molecule has 4 heteroatoms. The zero-order chi connectivity index (χ0) is 16.8. The molecule has 1 aliphatic carbocycles. The molecule has 0 bridgehead atoms. The Labute approximate surface area is 142 Å². The van der Waals surface area contributed by atoms with E-state index in [1.165, 1.54) is 5.56 Å². The van der Waals surface area contributed by atoms with Gasteiger partial charge in [-0.1, -0.05) is 6.08 Å². The van der Waals surface area contributed by atoms with Gasteiger partial charge in [-0.05, 0) is 61.4 Å². The van der Waals surface area contributed by atoms with E-state index in [2.05, 4.69) is 22.6 Å². The van der Waals surface area contributed by atoms with Gasteiger partial charge in [0.25, 0.3) is 0 Å². The van der Waals surface area contributed by atoms with E-state index in [4.69, 9.17) is 10.00 Å². The molecule has 0 saturated heterocycles. The standard InChI is InChI=1S/C20H21N3O/c1-2-11-24-19-9-7-16(8-10-19)18-13-22-20(23-14-18)17-5-3-15(12-21)4-6-17/h2-6,13-14,16,19H,1,7-11H2. The first kappa shape index (κ1) is 16.4. The molecule has 0 amide bonds. The number of rotatable bonds is 5. The van der Waals surface area contributed by atoms with Gasteiger partial charge in [0.2, 0.25) is 0 Å². The van der Waals surface area contributed by atoms with Crippen molar-refractivity contribution in [2.75, 3.05) is 6.61 Å². The molecule has 0 unspecified atom stereocenters. The Morgan fingerprint density at radius 2 is 1.79 bits per heavy atom. The summed E-state index contributed by atoms with van der Waals surface area (Å²) in [6.45, 7) is 4.33. The van der Waals surface area contributed by atoms with E-state index in [1.807, 2.05) is 30.6 Å². The van der Waals surface area contributed by atoms with Crippen molar-refractivity contribution < 1.29 is 4.74 Å². The van der Waals surface area contributed by atoms with Gasteiger partial charge in [0.1, 0.15) is 0 Å². The normalized spacial score (nSPS) is 20.3. The zero-order valence-corrected chi connectivity index (χ0v) is 13.7. The number of nitrogens with zero attached hydrogens (tertiary/aromatic N) is 3. The Bertz CT molecular complexity index is 708. The van der Waals surface area contributed by atoms with Crippen molar-refractivity contribution in [1.82, 2.24) is 9.97 Å². The van der Waals surface area contributed by atoms with Crippen LogP contribution in [-0.4, -0.2) is 22.7 Å². The second-order valence-corrected chi connectivity index (χ2v) is 6.12. The minimum atomic E-state index is 0.359. The first-order valence-corrected chi connectivity index (χ1v) is 8.35. The minimum Gasteiger partial charge on any atom is -0.374 e. The van der Waals surface area contributed by atoms with Crippen molar-refractivity contribution in [2.45, 2.75) is 37.7 Å². The van der Waals surface area contributed by atoms with Crippen molar-refractivity contribution in [3.8, 4) is 17.5 Å². The highest BCUT2D eigenvalue weighted by Gasteiger charge is 2.23. The fourth-order valence-corrected chi connectivity index (χ4v) is 3.16. The van der Waals surface area contributed by atoms with Crippen LogP contribution in [0.2, 0.25) is 0 Å². The van der Waals surface area contributed by atoms with E-state index >= 15 is 0 Å². The van der Waals surface area contributed by atoms with Crippen LogP contribution in [0.3, 0.4) is 0 Å². The lowest BCUT2D eigenvalue weighted by molar-refractivity contribution is 0.0423. The Morgan fingerprint density at radius 3 is 2.38 bits per heavy atom. The van der Waals surface area contributed by atoms with Gasteiger partial charge in [-0.2, -0.15) is 5.26 Å². The fraction of sp³-hybridized carbons (Fsp3) is 0.350. The van der Waals surface area contributed by atoms with Crippen LogP contribution in [0.15, 0.2) is 49.3 Å². The van der Waals surface area contributed by atoms with Crippen LogP contribution in [0, 0.1) is 11.3 Å². The molecular formula is C20H21N3O. The van der Waals surface area contributed by atoms with Gasteiger partial charge in [0.15, 0.2) is 5.82 Å². The quantitative estimate of drug-likeness (QED) is 0.773. The summed E-state index contributed by atoms with van der Waals surface area (Å²) < 4.78 is 5.74. The van der Waals surface area contributed by atoms with Crippen molar-refractivity contribution >= 4 is 0 Å². The summed E-state index contributed by atoms with van der Waals surface area (Å²) >= 11 is 0. The van der Waals surface area contributed by atoms with E-state index in [9.17, 15) is 0 Å². The first-order valence-electron chi connectivity index (χ1n) is 8.35. The van der Waals surface area contributed by atoms with Crippen molar-refractivity contribution in [1.29, 1.82) is 5.26 Å². The summed E-state index contributed by atoms with van der Waals surface area (Å²) in [5, 5.41) is 8.85. The average molecular weight is 319 g/mol. The first-order chi connectivity index (χ1) is 11.8. The van der Waals surface area contributed by atoms with Gasteiger partial charge in [-0.25, -0.2) is 9.97 Å². The Hall–Kier alpha value is -2.51. The van der Waals surface area contributed by atoms with Crippen LogP contribution in [-0.2, 0) is 4.74 Å². The molecule has 4 nitrogen and oxygen atoms in total. The second kappa shape index (κ2) is 7.85. The van der Waals surface area contributed by atoms with Crippen LogP contribution < -0.4 is 0 Å². The predicted octanol–water partition coefficient (Wildman–Crippen LogP) is 4.24. The summed E-state index contributed by atoms with van der Waals surface area (Å²) in [6.07, 6.45) is 10.4. The molecule has 0 spiro atoms. The number of aromatic nitrogens is 2. The molecule has 1 aromatic carbocycles. The van der Waals surface area contributed by atoms with Crippen LogP contribution >= 0.6 is 0 Å². The fourth-order valence-electron chi connectivity index (χ4n) is 3.16. The summed E-state index contributed by atoms with van der Waals surface area (Å²) in [5.74, 6) is 1.22. The van der Waals surface area contributed by atoms with Crippen LogP contribution in [0.25, 0.3) is 11.4 Å². The molecule has 0 aliphatic heterocycles. The molecule has 1 aromatic heterocycles. The number of ether oxygens (including phenoxy) is 1. The Kier molecular flexibility index (Phi) is 5.35. The number of hydrogen-bond donors (Lipinski definition) is 0. The molecule has 2 aromatic rings. The lowest BCUT2D eigenvalue weighted by Crippen LogP contribution is -2.21. The average Bonchev–Trinajstić information content (AvgIpc) is 2.67. The summed E-state index contributed by atoms with van der Waals surface area (Å²) in [4.78, 5) is 9.02. The highest BCUT2D eigenvalue weighted by Crippen LogP contribution is 2.33. The molecule has 122 valence electrons. The van der Waals surface area contributed by atoms with Crippen molar-refractivity contribution in [3.63, 3.8) is 0 Å². The van der Waals surface area contributed by atoms with Gasteiger partial charge >= 0.3 is 0 Å². The van der Waals surface area contributed by atoms with Gasteiger partial charge in [0.05, 0.1) is 24.3 Å². The van der Waals surface area contributed by atoms with E-state index in [0.29, 0.717) is 30.0 Å². The molecule has 1 aliphatic rings. The van der Waals surface area contributed by atoms with Gasteiger partial charge in [-0.15, -0.1) is 6.58 Å². The third-order valence-corrected chi connectivity index (χ3v) is 4.54. The van der Waals surface area contributed by atoms with Crippen molar-refractivity contribution in [3.05, 3.63) is 60.4 Å². The second-order valence-electron chi connectivity index (χ2n) is 6.12. The van der Waals surface area contributed by atoms with Gasteiger partial charge < -0.3 is 4.74 Å². The topological polar surface area (TPSA) is 58.8 Å². The molecule has 3 rings (SSSR count). The van der Waals surface area contributed by atoms with E-state index < -0.39 is 0 Å². The van der Waals surface area contributed by atoms with Gasteiger partial charge in [0, 0.05) is 18.0 Å². The molecular weight excluding hydrogens is 298 g/mol. The maximum Gasteiger partial charge on any atom is 0.159 e. The Balaban J connectivity index is 1.62. The minimum absolute atomic E-state index is 0.359. The summed E-state index contributed by atoms with van der Waals surface area (Å²) in [5.41, 5.74) is 2.78. The van der Waals surface area contributed by atoms with E-state index in [1.54, 1.807) is 12.1 Å². The van der Waals surface area contributed by atoms with Crippen molar-refractivity contribution in [2.24, 2.45) is 0 Å². The zero-order valence-electron chi connectivity index (χ0n) is 13.7. The third-order valence-electron chi connectivity index (χ3n) is 4.54. The highest BCUT2D eigenvalue weighted by atomic mass is 16.5. The van der Waals surface area contributed by atoms with Crippen LogP contribution in [0.4, 0.5) is 0 Å². The summed E-state index contributed by atoms with van der Waals surface area (Å²) in [6, 6.07) is 9.46. The molecule has 1 saturated carbocycles. The molecule has 24 heavy (non-hydrogen) atoms. The SMILES string of the molecule is C=CCOC1CCC(c2cnc(-c3ccc(C#N)cc3)nc2)CC1. The predicted molar refractivity (Wildman–Crippen MR) is 93.3 cm³/mol. The highest BCUT2D eigenvalue weighted by molar-refractivity contribution is 5.56. The van der Waals surface area contributed by atoms with Crippen LogP contribution in [0.1, 0.15) is 42.7 Å². The van der Waals surface area contributed by atoms with Crippen LogP contribution in [0.5, 0.6) is 0 Å². The molecule has 1 heterocycles. The van der Waals surface area contributed by atoms with E-state index in [0.717, 1.165) is 31.2 Å².